The van der Waals surface area contributed by atoms with Crippen molar-refractivity contribution in [2.75, 3.05) is 0 Å². The summed E-state index contributed by atoms with van der Waals surface area (Å²) in [6.07, 6.45) is 1.09. The summed E-state index contributed by atoms with van der Waals surface area (Å²) in [5.74, 6) is 1.33. The van der Waals surface area contributed by atoms with Crippen LogP contribution in [-0.4, -0.2) is 16.1 Å². The number of benzene rings is 2. The number of aromatic nitrogens is 2. The van der Waals surface area contributed by atoms with Crippen molar-refractivity contribution in [2.45, 2.75) is 26.4 Å². The SMILES string of the molecule is CCC(C)Oc1cccc(-c2nc3ccccc3c(=O)[nH]2)c1. The molecule has 0 bridgehead atoms. The van der Waals surface area contributed by atoms with Gasteiger partial charge in [-0.15, -0.1) is 0 Å². The van der Waals surface area contributed by atoms with Gasteiger partial charge < -0.3 is 9.72 Å². The van der Waals surface area contributed by atoms with Crippen molar-refractivity contribution in [3.05, 3.63) is 58.9 Å². The Labute approximate surface area is 128 Å². The van der Waals surface area contributed by atoms with Crippen LogP contribution in [0, 0.1) is 0 Å². The fraction of sp³-hybridized carbons (Fsp3) is 0.222. The van der Waals surface area contributed by atoms with Gasteiger partial charge in [-0.05, 0) is 37.6 Å². The average Bonchev–Trinajstić information content (AvgIpc) is 2.55. The molecular weight excluding hydrogens is 276 g/mol. The van der Waals surface area contributed by atoms with Gasteiger partial charge in [-0.1, -0.05) is 31.2 Å². The van der Waals surface area contributed by atoms with Gasteiger partial charge in [-0.25, -0.2) is 4.98 Å². The lowest BCUT2D eigenvalue weighted by Gasteiger charge is -2.13. The first-order valence-corrected chi connectivity index (χ1v) is 7.43. The Balaban J connectivity index is 2.04. The van der Waals surface area contributed by atoms with Gasteiger partial charge in [-0.2, -0.15) is 0 Å². The highest BCUT2D eigenvalue weighted by Crippen LogP contribution is 2.22. The number of aromatic amines is 1. The summed E-state index contributed by atoms with van der Waals surface area (Å²) in [6.45, 7) is 4.11. The summed E-state index contributed by atoms with van der Waals surface area (Å²) in [6, 6.07) is 15.0. The molecule has 0 amide bonds. The first-order chi connectivity index (χ1) is 10.7. The van der Waals surface area contributed by atoms with E-state index in [1.807, 2.05) is 49.4 Å². The van der Waals surface area contributed by atoms with Gasteiger partial charge in [0, 0.05) is 5.56 Å². The smallest absolute Gasteiger partial charge is 0.259 e. The topological polar surface area (TPSA) is 55.0 Å². The molecule has 1 unspecified atom stereocenters. The second kappa shape index (κ2) is 6.02. The van der Waals surface area contributed by atoms with Crippen LogP contribution < -0.4 is 10.3 Å². The van der Waals surface area contributed by atoms with Crippen molar-refractivity contribution >= 4 is 10.9 Å². The number of hydrogen-bond acceptors (Lipinski definition) is 3. The molecular formula is C18H18N2O2. The zero-order chi connectivity index (χ0) is 15.5. The van der Waals surface area contributed by atoms with Gasteiger partial charge >= 0.3 is 0 Å². The summed E-state index contributed by atoms with van der Waals surface area (Å²) in [5.41, 5.74) is 1.40. The van der Waals surface area contributed by atoms with Crippen molar-refractivity contribution < 1.29 is 4.74 Å². The standard InChI is InChI=1S/C18H18N2O2/c1-3-12(2)22-14-8-6-7-13(11-14)17-19-16-10-5-4-9-15(16)18(21)20-17/h4-12H,3H2,1-2H3,(H,19,20,21). The third kappa shape index (κ3) is 2.86. The second-order valence-electron chi connectivity index (χ2n) is 5.30. The van der Waals surface area contributed by atoms with Gasteiger partial charge in [-0.3, -0.25) is 4.79 Å². The quantitative estimate of drug-likeness (QED) is 0.797. The van der Waals surface area contributed by atoms with Gasteiger partial charge in [0.15, 0.2) is 0 Å². The molecule has 0 saturated carbocycles. The van der Waals surface area contributed by atoms with Crippen LogP contribution in [0.5, 0.6) is 5.75 Å². The fourth-order valence-corrected chi connectivity index (χ4v) is 2.26. The predicted molar refractivity (Wildman–Crippen MR) is 88.2 cm³/mol. The maximum absolute atomic E-state index is 12.2. The van der Waals surface area contributed by atoms with E-state index in [0.29, 0.717) is 16.7 Å². The molecule has 2 aromatic carbocycles. The minimum atomic E-state index is -0.131. The van der Waals surface area contributed by atoms with Crippen LogP contribution in [0.25, 0.3) is 22.3 Å². The van der Waals surface area contributed by atoms with Crippen molar-refractivity contribution in [3.8, 4) is 17.1 Å². The largest absolute Gasteiger partial charge is 0.491 e. The lowest BCUT2D eigenvalue weighted by molar-refractivity contribution is 0.217. The van der Waals surface area contributed by atoms with E-state index in [4.69, 9.17) is 4.74 Å². The molecule has 0 saturated heterocycles. The van der Waals surface area contributed by atoms with Crippen LogP contribution >= 0.6 is 0 Å². The Hall–Kier alpha value is -2.62. The Morgan fingerprint density at radius 3 is 2.82 bits per heavy atom. The average molecular weight is 294 g/mol. The molecule has 0 aliphatic heterocycles. The summed E-state index contributed by atoms with van der Waals surface area (Å²) in [5, 5.41) is 0.596. The van der Waals surface area contributed by atoms with Crippen molar-refractivity contribution in [2.24, 2.45) is 0 Å². The summed E-state index contributed by atoms with van der Waals surface area (Å²) in [7, 11) is 0. The van der Waals surface area contributed by atoms with E-state index in [1.54, 1.807) is 6.07 Å². The molecule has 4 nitrogen and oxygen atoms in total. The van der Waals surface area contributed by atoms with Gasteiger partial charge in [0.05, 0.1) is 17.0 Å². The maximum atomic E-state index is 12.2. The number of ether oxygens (including phenoxy) is 1. The Morgan fingerprint density at radius 1 is 1.18 bits per heavy atom. The lowest BCUT2D eigenvalue weighted by atomic mass is 10.2. The van der Waals surface area contributed by atoms with Crippen molar-refractivity contribution in [1.29, 1.82) is 0 Å². The highest BCUT2D eigenvalue weighted by Gasteiger charge is 2.07. The molecule has 1 heterocycles. The third-order valence-electron chi connectivity index (χ3n) is 3.63. The fourth-order valence-electron chi connectivity index (χ4n) is 2.26. The highest BCUT2D eigenvalue weighted by atomic mass is 16.5. The number of H-pyrrole nitrogens is 1. The Bertz CT molecular complexity index is 855. The molecule has 22 heavy (non-hydrogen) atoms. The number of rotatable bonds is 4. The maximum Gasteiger partial charge on any atom is 0.259 e. The molecule has 0 radical (unpaired) electrons. The summed E-state index contributed by atoms with van der Waals surface area (Å²) in [4.78, 5) is 19.5. The second-order valence-corrected chi connectivity index (χ2v) is 5.30. The molecule has 1 atom stereocenters. The molecule has 0 spiro atoms. The minimum absolute atomic E-state index is 0.131. The number of nitrogens with one attached hydrogen (secondary N) is 1. The monoisotopic (exact) mass is 294 g/mol. The van der Waals surface area contributed by atoms with Crippen LogP contribution in [-0.2, 0) is 0 Å². The van der Waals surface area contributed by atoms with Crippen LogP contribution in [0.4, 0.5) is 0 Å². The van der Waals surface area contributed by atoms with Crippen LogP contribution in [0.15, 0.2) is 53.3 Å². The van der Waals surface area contributed by atoms with E-state index in [0.717, 1.165) is 17.7 Å². The van der Waals surface area contributed by atoms with E-state index in [2.05, 4.69) is 16.9 Å². The van der Waals surface area contributed by atoms with E-state index in [9.17, 15) is 4.79 Å². The predicted octanol–water partition coefficient (Wildman–Crippen LogP) is 3.77. The summed E-state index contributed by atoms with van der Waals surface area (Å²) >= 11 is 0. The normalized spacial score (nSPS) is 12.3. The molecule has 0 aliphatic carbocycles. The summed E-state index contributed by atoms with van der Waals surface area (Å²) < 4.78 is 5.82. The number of nitrogens with zero attached hydrogens (tertiary/aromatic N) is 1. The van der Waals surface area contributed by atoms with E-state index in [-0.39, 0.29) is 11.7 Å². The van der Waals surface area contributed by atoms with E-state index >= 15 is 0 Å². The highest BCUT2D eigenvalue weighted by molar-refractivity contribution is 5.79. The van der Waals surface area contributed by atoms with E-state index in [1.165, 1.54) is 0 Å². The molecule has 3 aromatic rings. The van der Waals surface area contributed by atoms with Gasteiger partial charge in [0.1, 0.15) is 11.6 Å². The Morgan fingerprint density at radius 2 is 2.00 bits per heavy atom. The number of hydrogen-bond donors (Lipinski definition) is 1. The molecule has 0 aliphatic rings. The van der Waals surface area contributed by atoms with Crippen LogP contribution in [0.1, 0.15) is 20.3 Å². The van der Waals surface area contributed by atoms with Gasteiger partial charge in [0.25, 0.3) is 5.56 Å². The van der Waals surface area contributed by atoms with Gasteiger partial charge in [0.2, 0.25) is 0 Å². The van der Waals surface area contributed by atoms with Crippen LogP contribution in [0.3, 0.4) is 0 Å². The zero-order valence-electron chi connectivity index (χ0n) is 12.7. The Kier molecular flexibility index (Phi) is 3.92. The van der Waals surface area contributed by atoms with Crippen LogP contribution in [0.2, 0.25) is 0 Å². The van der Waals surface area contributed by atoms with Crippen molar-refractivity contribution in [1.82, 2.24) is 9.97 Å². The molecule has 112 valence electrons. The molecule has 1 aromatic heterocycles. The zero-order valence-corrected chi connectivity index (χ0v) is 12.7. The minimum Gasteiger partial charge on any atom is -0.491 e. The molecule has 4 heteroatoms. The molecule has 3 rings (SSSR count). The third-order valence-corrected chi connectivity index (χ3v) is 3.63. The molecule has 1 N–H and O–H groups in total. The van der Waals surface area contributed by atoms with Crippen molar-refractivity contribution in [3.63, 3.8) is 0 Å². The van der Waals surface area contributed by atoms with E-state index < -0.39 is 0 Å². The lowest BCUT2D eigenvalue weighted by Crippen LogP contribution is -2.10. The number of fused-ring (bicyclic) bond motifs is 1. The molecule has 0 fully saturated rings. The first-order valence-electron chi connectivity index (χ1n) is 7.43. The first kappa shape index (κ1) is 14.3. The number of para-hydroxylation sites is 1.